The molecule has 0 bridgehead atoms. The van der Waals surface area contributed by atoms with Crippen LogP contribution in [0.25, 0.3) is 5.69 Å². The number of nitrogens with zero attached hydrogens (tertiary/aromatic N) is 5. The summed E-state index contributed by atoms with van der Waals surface area (Å²) in [6.07, 6.45) is -2.36. The average Bonchev–Trinajstić information content (AvgIpc) is 2.96. The lowest BCUT2D eigenvalue weighted by atomic mass is 10.2. The van der Waals surface area contributed by atoms with Crippen LogP contribution in [-0.2, 0) is 0 Å². The molecule has 134 valence electrons. The number of hydrogen-bond donors (Lipinski definition) is 0. The topological polar surface area (TPSA) is 54.3 Å². The van der Waals surface area contributed by atoms with Crippen molar-refractivity contribution in [2.45, 2.75) is 13.3 Å². The second-order valence-corrected chi connectivity index (χ2v) is 6.34. The maximum Gasteiger partial charge on any atom is 0.276 e. The van der Waals surface area contributed by atoms with Gasteiger partial charge in [-0.15, -0.1) is 5.10 Å². The van der Waals surface area contributed by atoms with Crippen molar-refractivity contribution in [2.75, 3.05) is 32.7 Å². The summed E-state index contributed by atoms with van der Waals surface area (Å²) in [7, 11) is 0. The lowest BCUT2D eigenvalue weighted by molar-refractivity contribution is 0.0455. The molecule has 6 nitrogen and oxygen atoms in total. The minimum absolute atomic E-state index is 0.234. The first kappa shape index (κ1) is 17.8. The number of benzene rings is 1. The normalized spacial score (nSPS) is 15.8. The Morgan fingerprint density at radius 3 is 2.64 bits per heavy atom. The molecule has 1 amide bonds. The molecular formula is C16H18ClF2N5O. The molecule has 25 heavy (non-hydrogen) atoms. The van der Waals surface area contributed by atoms with Gasteiger partial charge in [0.15, 0.2) is 5.69 Å². The van der Waals surface area contributed by atoms with Crippen molar-refractivity contribution in [1.82, 2.24) is 24.8 Å². The van der Waals surface area contributed by atoms with Crippen LogP contribution in [0.1, 0.15) is 16.2 Å². The third kappa shape index (κ3) is 3.96. The molecule has 1 aliphatic rings. The molecule has 1 aliphatic heterocycles. The van der Waals surface area contributed by atoms with Gasteiger partial charge in [0, 0.05) is 31.2 Å². The van der Waals surface area contributed by atoms with E-state index in [-0.39, 0.29) is 18.1 Å². The number of hydrogen-bond acceptors (Lipinski definition) is 4. The van der Waals surface area contributed by atoms with Crippen molar-refractivity contribution >= 4 is 17.5 Å². The summed E-state index contributed by atoms with van der Waals surface area (Å²) in [4.78, 5) is 16.0. The van der Waals surface area contributed by atoms with E-state index >= 15 is 0 Å². The van der Waals surface area contributed by atoms with Gasteiger partial charge in [-0.25, -0.2) is 13.5 Å². The number of rotatable bonds is 4. The van der Waals surface area contributed by atoms with Crippen LogP contribution in [0.5, 0.6) is 0 Å². The number of carbonyl (C=O) groups is 1. The summed E-state index contributed by atoms with van der Waals surface area (Å²) >= 11 is 5.99. The van der Waals surface area contributed by atoms with Crippen LogP contribution in [0.4, 0.5) is 8.78 Å². The maximum absolute atomic E-state index is 12.7. The Balaban J connectivity index is 1.72. The molecule has 0 radical (unpaired) electrons. The molecule has 1 saturated heterocycles. The zero-order valence-electron chi connectivity index (χ0n) is 13.7. The van der Waals surface area contributed by atoms with Crippen molar-refractivity contribution in [3.63, 3.8) is 0 Å². The summed E-state index contributed by atoms with van der Waals surface area (Å²) in [5.41, 5.74) is 1.60. The van der Waals surface area contributed by atoms with Crippen molar-refractivity contribution in [1.29, 1.82) is 0 Å². The first-order valence-corrected chi connectivity index (χ1v) is 8.31. The van der Waals surface area contributed by atoms with Crippen molar-refractivity contribution < 1.29 is 13.6 Å². The summed E-state index contributed by atoms with van der Waals surface area (Å²) < 4.78 is 26.4. The SMILES string of the molecule is Cc1c(C(=O)N2CCN(CC(F)F)CC2)nnn1-c1cccc(Cl)c1. The van der Waals surface area contributed by atoms with Gasteiger partial charge in [-0.3, -0.25) is 9.69 Å². The van der Waals surface area contributed by atoms with E-state index in [0.29, 0.717) is 36.9 Å². The fraction of sp³-hybridized carbons (Fsp3) is 0.438. The van der Waals surface area contributed by atoms with E-state index < -0.39 is 6.43 Å². The standard InChI is InChI=1S/C16H18ClF2N5O/c1-11-15(20-21-24(11)13-4-2-3-12(17)9-13)16(25)23-7-5-22(6-8-23)10-14(18)19/h2-4,9,14H,5-8,10H2,1H3. The van der Waals surface area contributed by atoms with Gasteiger partial charge in [0.25, 0.3) is 12.3 Å². The van der Waals surface area contributed by atoms with E-state index in [0.717, 1.165) is 5.69 Å². The number of alkyl halides is 2. The Morgan fingerprint density at radius 2 is 2.00 bits per heavy atom. The molecule has 0 spiro atoms. The van der Waals surface area contributed by atoms with Gasteiger partial charge < -0.3 is 4.90 Å². The van der Waals surface area contributed by atoms with Gasteiger partial charge in [-0.05, 0) is 25.1 Å². The van der Waals surface area contributed by atoms with E-state index in [1.807, 2.05) is 6.07 Å². The van der Waals surface area contributed by atoms with Crippen LogP contribution in [0.2, 0.25) is 5.02 Å². The predicted octanol–water partition coefficient (Wildman–Crippen LogP) is 2.25. The van der Waals surface area contributed by atoms with Crippen molar-refractivity contribution in [3.05, 3.63) is 40.7 Å². The highest BCUT2D eigenvalue weighted by Crippen LogP contribution is 2.18. The zero-order valence-corrected chi connectivity index (χ0v) is 14.5. The van der Waals surface area contributed by atoms with E-state index in [2.05, 4.69) is 10.3 Å². The fourth-order valence-electron chi connectivity index (χ4n) is 2.86. The van der Waals surface area contributed by atoms with Gasteiger partial charge >= 0.3 is 0 Å². The third-order valence-corrected chi connectivity index (χ3v) is 4.44. The van der Waals surface area contributed by atoms with Crippen molar-refractivity contribution in [3.8, 4) is 5.69 Å². The molecular weight excluding hydrogens is 352 g/mol. The zero-order chi connectivity index (χ0) is 18.0. The smallest absolute Gasteiger partial charge is 0.276 e. The minimum atomic E-state index is -2.36. The quantitative estimate of drug-likeness (QED) is 0.829. The average molecular weight is 370 g/mol. The van der Waals surface area contributed by atoms with Crippen LogP contribution >= 0.6 is 11.6 Å². The Bertz CT molecular complexity index is 759. The van der Waals surface area contributed by atoms with Crippen LogP contribution in [-0.4, -0.2) is 69.9 Å². The lowest BCUT2D eigenvalue weighted by Crippen LogP contribution is -2.50. The molecule has 3 rings (SSSR count). The van der Waals surface area contributed by atoms with Crippen LogP contribution in [0.3, 0.4) is 0 Å². The first-order chi connectivity index (χ1) is 12.0. The molecule has 0 saturated carbocycles. The minimum Gasteiger partial charge on any atom is -0.335 e. The van der Waals surface area contributed by atoms with Crippen LogP contribution in [0, 0.1) is 6.92 Å². The molecule has 0 atom stereocenters. The highest BCUT2D eigenvalue weighted by Gasteiger charge is 2.27. The van der Waals surface area contributed by atoms with Crippen LogP contribution in [0.15, 0.2) is 24.3 Å². The summed E-state index contributed by atoms with van der Waals surface area (Å²) in [5.74, 6) is -0.234. The van der Waals surface area contributed by atoms with Crippen LogP contribution < -0.4 is 0 Å². The monoisotopic (exact) mass is 369 g/mol. The molecule has 2 heterocycles. The fourth-order valence-corrected chi connectivity index (χ4v) is 3.04. The largest absolute Gasteiger partial charge is 0.335 e. The van der Waals surface area contributed by atoms with Gasteiger partial charge in [0.1, 0.15) is 0 Å². The lowest BCUT2D eigenvalue weighted by Gasteiger charge is -2.34. The molecule has 0 unspecified atom stereocenters. The Morgan fingerprint density at radius 1 is 1.28 bits per heavy atom. The summed E-state index contributed by atoms with van der Waals surface area (Å²) in [6, 6.07) is 7.11. The van der Waals surface area contributed by atoms with Gasteiger partial charge in [-0.2, -0.15) is 0 Å². The number of carbonyl (C=O) groups excluding carboxylic acids is 1. The summed E-state index contributed by atoms with van der Waals surface area (Å²) in [6.45, 7) is 3.16. The molecule has 1 aromatic heterocycles. The molecule has 9 heteroatoms. The van der Waals surface area contributed by atoms with Gasteiger partial charge in [0.05, 0.1) is 17.9 Å². The predicted molar refractivity (Wildman–Crippen MR) is 89.5 cm³/mol. The number of amides is 1. The Hall–Kier alpha value is -2.06. The first-order valence-electron chi connectivity index (χ1n) is 7.93. The van der Waals surface area contributed by atoms with Gasteiger partial charge in [0.2, 0.25) is 0 Å². The second-order valence-electron chi connectivity index (χ2n) is 5.90. The Kier molecular flexibility index (Phi) is 5.29. The third-order valence-electron chi connectivity index (χ3n) is 4.21. The number of aromatic nitrogens is 3. The number of piperazine rings is 1. The van der Waals surface area contributed by atoms with E-state index in [4.69, 9.17) is 11.6 Å². The van der Waals surface area contributed by atoms with Crippen molar-refractivity contribution in [2.24, 2.45) is 0 Å². The highest BCUT2D eigenvalue weighted by molar-refractivity contribution is 6.30. The van der Waals surface area contributed by atoms with E-state index in [9.17, 15) is 13.6 Å². The van der Waals surface area contributed by atoms with E-state index in [1.54, 1.807) is 39.6 Å². The Labute approximate surface area is 149 Å². The molecule has 2 aromatic rings. The maximum atomic E-state index is 12.7. The van der Waals surface area contributed by atoms with Gasteiger partial charge in [-0.1, -0.05) is 22.9 Å². The second kappa shape index (κ2) is 7.45. The molecule has 1 aromatic carbocycles. The molecule has 1 fully saturated rings. The highest BCUT2D eigenvalue weighted by atomic mass is 35.5. The molecule has 0 N–H and O–H groups in total. The molecule has 0 aliphatic carbocycles. The number of halogens is 3. The van der Waals surface area contributed by atoms with E-state index in [1.165, 1.54) is 0 Å². The summed E-state index contributed by atoms with van der Waals surface area (Å²) in [5, 5.41) is 8.62.